The summed E-state index contributed by atoms with van der Waals surface area (Å²) >= 11 is 0. The first-order valence-corrected chi connectivity index (χ1v) is 11.3. The lowest BCUT2D eigenvalue weighted by molar-refractivity contribution is -0.120. The highest BCUT2D eigenvalue weighted by molar-refractivity contribution is 7.89. The van der Waals surface area contributed by atoms with E-state index in [0.29, 0.717) is 25.1 Å². The van der Waals surface area contributed by atoms with Gasteiger partial charge in [-0.2, -0.15) is 9.40 Å². The van der Waals surface area contributed by atoms with Crippen molar-refractivity contribution >= 4 is 21.6 Å². The molecule has 4 rings (SSSR count). The molecule has 3 aromatic rings. The van der Waals surface area contributed by atoms with Gasteiger partial charge in [-0.3, -0.25) is 4.79 Å². The van der Waals surface area contributed by atoms with Crippen LogP contribution in [0.3, 0.4) is 0 Å². The van der Waals surface area contributed by atoms with E-state index in [-0.39, 0.29) is 29.8 Å². The van der Waals surface area contributed by atoms with Crippen LogP contribution < -0.4 is 5.32 Å². The second-order valence-corrected chi connectivity index (χ2v) is 9.35. The molecule has 2 heterocycles. The number of amides is 1. The summed E-state index contributed by atoms with van der Waals surface area (Å²) < 4.78 is 41.6. The van der Waals surface area contributed by atoms with Crippen LogP contribution in [0.1, 0.15) is 18.4 Å². The Morgan fingerprint density at radius 2 is 1.74 bits per heavy atom. The fraction of sp³-hybridized carbons (Fsp3) is 0.286. The lowest BCUT2D eigenvalue weighted by atomic mass is 9.97. The van der Waals surface area contributed by atoms with Gasteiger partial charge >= 0.3 is 0 Å². The number of benzene rings is 2. The van der Waals surface area contributed by atoms with E-state index in [9.17, 15) is 17.6 Å². The normalized spacial score (nSPS) is 15.6. The molecular formula is C21H22FN5O3S. The van der Waals surface area contributed by atoms with Crippen molar-refractivity contribution in [3.63, 3.8) is 0 Å². The second-order valence-electron chi connectivity index (χ2n) is 7.41. The van der Waals surface area contributed by atoms with Crippen LogP contribution in [0.5, 0.6) is 0 Å². The molecule has 0 unspecified atom stereocenters. The van der Waals surface area contributed by atoms with E-state index in [2.05, 4.69) is 15.4 Å². The van der Waals surface area contributed by atoms with Crippen LogP contribution in [0.4, 0.5) is 10.1 Å². The second kappa shape index (κ2) is 8.94. The minimum absolute atomic E-state index is 0.0581. The standard InChI is InChI=1S/C21H22FN5O3S/c22-18-3-7-20(8-4-18)31(29,30)27-11-9-17(10-12-27)21(28)25-19-5-1-16(2-6-19)13-26-15-23-14-24-26/h1-8,14-15,17H,9-13H2,(H,25,28). The number of carbonyl (C=O) groups is 1. The van der Waals surface area contributed by atoms with Gasteiger partial charge in [0.25, 0.3) is 0 Å². The van der Waals surface area contributed by atoms with Crippen molar-refractivity contribution in [1.29, 1.82) is 0 Å². The van der Waals surface area contributed by atoms with Gasteiger partial charge in [-0.15, -0.1) is 0 Å². The Labute approximate surface area is 179 Å². The highest BCUT2D eigenvalue weighted by atomic mass is 32.2. The number of hydrogen-bond acceptors (Lipinski definition) is 5. The van der Waals surface area contributed by atoms with Gasteiger partial charge in [-0.25, -0.2) is 22.5 Å². The highest BCUT2D eigenvalue weighted by Gasteiger charge is 2.32. The summed E-state index contributed by atoms with van der Waals surface area (Å²) in [6.07, 6.45) is 3.97. The molecule has 0 aliphatic carbocycles. The molecule has 31 heavy (non-hydrogen) atoms. The Bertz CT molecular complexity index is 1120. The van der Waals surface area contributed by atoms with Crippen LogP contribution in [0, 0.1) is 11.7 Å². The van der Waals surface area contributed by atoms with Crippen molar-refractivity contribution in [2.45, 2.75) is 24.3 Å². The molecule has 0 bridgehead atoms. The molecule has 0 spiro atoms. The number of piperidine rings is 1. The van der Waals surface area contributed by atoms with Gasteiger partial charge in [-0.05, 0) is 54.8 Å². The van der Waals surface area contributed by atoms with Crippen molar-refractivity contribution in [3.8, 4) is 0 Å². The van der Waals surface area contributed by atoms with Crippen molar-refractivity contribution < 1.29 is 17.6 Å². The SMILES string of the molecule is O=C(Nc1ccc(Cn2cncn2)cc1)C1CCN(S(=O)(=O)c2ccc(F)cc2)CC1. The minimum atomic E-state index is -3.69. The van der Waals surface area contributed by atoms with E-state index < -0.39 is 15.8 Å². The van der Waals surface area contributed by atoms with Gasteiger partial charge in [0, 0.05) is 24.7 Å². The van der Waals surface area contributed by atoms with Crippen molar-refractivity contribution in [3.05, 3.63) is 72.6 Å². The number of rotatable bonds is 6. The smallest absolute Gasteiger partial charge is 0.243 e. The maximum absolute atomic E-state index is 13.1. The van der Waals surface area contributed by atoms with Gasteiger partial charge in [0.1, 0.15) is 18.5 Å². The summed E-state index contributed by atoms with van der Waals surface area (Å²) in [5, 5.41) is 6.97. The maximum Gasteiger partial charge on any atom is 0.243 e. The van der Waals surface area contributed by atoms with E-state index in [4.69, 9.17) is 0 Å². The largest absolute Gasteiger partial charge is 0.326 e. The summed E-state index contributed by atoms with van der Waals surface area (Å²) in [6, 6.07) is 12.3. The molecule has 0 saturated carbocycles. The first kappa shape index (κ1) is 21.1. The Morgan fingerprint density at radius 1 is 1.06 bits per heavy atom. The zero-order valence-electron chi connectivity index (χ0n) is 16.7. The van der Waals surface area contributed by atoms with Gasteiger partial charge in [0.15, 0.2) is 0 Å². The maximum atomic E-state index is 13.1. The number of nitrogens with one attached hydrogen (secondary N) is 1. The van der Waals surface area contributed by atoms with Gasteiger partial charge in [0.05, 0.1) is 11.4 Å². The van der Waals surface area contributed by atoms with Crippen molar-refractivity contribution in [2.24, 2.45) is 5.92 Å². The summed E-state index contributed by atoms with van der Waals surface area (Å²) in [5.41, 5.74) is 1.72. The van der Waals surface area contributed by atoms with Crippen molar-refractivity contribution in [2.75, 3.05) is 18.4 Å². The first-order valence-electron chi connectivity index (χ1n) is 9.90. The molecule has 1 fully saturated rings. The topological polar surface area (TPSA) is 97.2 Å². The Morgan fingerprint density at radius 3 is 2.35 bits per heavy atom. The third kappa shape index (κ3) is 4.97. The van der Waals surface area contributed by atoms with Gasteiger partial charge in [0.2, 0.25) is 15.9 Å². The van der Waals surface area contributed by atoms with Crippen LogP contribution >= 0.6 is 0 Å². The number of nitrogens with zero attached hydrogens (tertiary/aromatic N) is 4. The molecule has 1 aliphatic rings. The number of anilines is 1. The molecule has 8 nitrogen and oxygen atoms in total. The van der Waals surface area contributed by atoms with E-state index in [1.54, 1.807) is 11.0 Å². The minimum Gasteiger partial charge on any atom is -0.326 e. The van der Waals surface area contributed by atoms with E-state index in [1.807, 2.05) is 24.3 Å². The quantitative estimate of drug-likeness (QED) is 0.631. The monoisotopic (exact) mass is 443 g/mol. The average molecular weight is 444 g/mol. The summed E-state index contributed by atoms with van der Waals surface area (Å²) in [5.74, 6) is -0.877. The van der Waals surface area contributed by atoms with Crippen molar-refractivity contribution in [1.82, 2.24) is 19.1 Å². The summed E-state index contributed by atoms with van der Waals surface area (Å²) in [4.78, 5) is 16.6. The third-order valence-electron chi connectivity index (χ3n) is 5.31. The lowest BCUT2D eigenvalue weighted by Crippen LogP contribution is -2.41. The van der Waals surface area contributed by atoms with E-state index in [0.717, 1.165) is 17.7 Å². The number of hydrogen-bond donors (Lipinski definition) is 1. The fourth-order valence-corrected chi connectivity index (χ4v) is 5.02. The first-order chi connectivity index (χ1) is 14.9. The predicted molar refractivity (Wildman–Crippen MR) is 112 cm³/mol. The lowest BCUT2D eigenvalue weighted by Gasteiger charge is -2.30. The molecule has 0 atom stereocenters. The zero-order chi connectivity index (χ0) is 21.8. The Hall–Kier alpha value is -3.11. The molecule has 0 radical (unpaired) electrons. The predicted octanol–water partition coefficient (Wildman–Crippen LogP) is 2.50. The van der Waals surface area contributed by atoms with Gasteiger partial charge < -0.3 is 5.32 Å². The molecule has 1 aliphatic heterocycles. The van der Waals surface area contributed by atoms with Crippen LogP contribution in [0.2, 0.25) is 0 Å². The van der Waals surface area contributed by atoms with E-state index >= 15 is 0 Å². The van der Waals surface area contributed by atoms with Crippen LogP contribution in [0.15, 0.2) is 66.1 Å². The number of carbonyl (C=O) groups excluding carboxylic acids is 1. The highest BCUT2D eigenvalue weighted by Crippen LogP contribution is 2.25. The molecule has 2 aromatic carbocycles. The molecule has 162 valence electrons. The van der Waals surface area contributed by atoms with Crippen LogP contribution in [-0.2, 0) is 21.4 Å². The molecular weight excluding hydrogens is 421 g/mol. The molecule has 1 aromatic heterocycles. The molecule has 1 amide bonds. The molecule has 1 N–H and O–H groups in total. The number of halogens is 1. The van der Waals surface area contributed by atoms with E-state index in [1.165, 1.54) is 22.8 Å². The number of sulfonamides is 1. The fourth-order valence-electron chi connectivity index (χ4n) is 3.55. The Balaban J connectivity index is 1.31. The molecule has 1 saturated heterocycles. The van der Waals surface area contributed by atoms with Crippen LogP contribution in [0.25, 0.3) is 0 Å². The zero-order valence-corrected chi connectivity index (χ0v) is 17.5. The average Bonchev–Trinajstić information content (AvgIpc) is 3.28. The van der Waals surface area contributed by atoms with Gasteiger partial charge in [-0.1, -0.05) is 12.1 Å². The van der Waals surface area contributed by atoms with Crippen LogP contribution in [-0.4, -0.2) is 46.5 Å². The molecule has 10 heteroatoms. The summed E-state index contributed by atoms with van der Waals surface area (Å²) in [6.45, 7) is 1.08. The third-order valence-corrected chi connectivity index (χ3v) is 7.22. The number of aromatic nitrogens is 3. The Kier molecular flexibility index (Phi) is 6.10. The summed E-state index contributed by atoms with van der Waals surface area (Å²) in [7, 11) is -3.69.